The molecule has 12 heteroatoms. The van der Waals surface area contributed by atoms with Crippen LogP contribution in [-0.2, 0) is 10.2 Å². The van der Waals surface area contributed by atoms with Gasteiger partial charge in [0.25, 0.3) is 5.91 Å². The lowest BCUT2D eigenvalue weighted by atomic mass is 9.87. The van der Waals surface area contributed by atoms with Gasteiger partial charge in [0, 0.05) is 5.56 Å². The Kier molecular flexibility index (Phi) is 8.25. The third-order valence-electron chi connectivity index (χ3n) is 5.47. The number of para-hydroxylation sites is 2. The van der Waals surface area contributed by atoms with Crippen molar-refractivity contribution in [2.75, 3.05) is 16.4 Å². The summed E-state index contributed by atoms with van der Waals surface area (Å²) in [7, 11) is 0. The Morgan fingerprint density at radius 1 is 0.974 bits per heavy atom. The number of hydrogen-bond acceptors (Lipinski definition) is 7. The second-order valence-electron chi connectivity index (χ2n) is 9.29. The van der Waals surface area contributed by atoms with Crippen molar-refractivity contribution in [3.8, 4) is 11.4 Å². The van der Waals surface area contributed by atoms with Crippen LogP contribution in [0.5, 0.6) is 5.75 Å². The first-order valence-electron chi connectivity index (χ1n) is 11.4. The van der Waals surface area contributed by atoms with Crippen LogP contribution in [0.1, 0.15) is 36.7 Å². The van der Waals surface area contributed by atoms with E-state index in [4.69, 9.17) is 23.2 Å². The van der Waals surface area contributed by atoms with E-state index in [-0.39, 0.29) is 39.1 Å². The van der Waals surface area contributed by atoms with Crippen molar-refractivity contribution < 1.29 is 14.7 Å². The minimum atomic E-state index is -0.456. The van der Waals surface area contributed by atoms with Gasteiger partial charge in [-0.05, 0) is 63.9 Å². The van der Waals surface area contributed by atoms with Gasteiger partial charge in [0.2, 0.25) is 11.1 Å². The number of thioether (sulfide) groups is 1. The summed E-state index contributed by atoms with van der Waals surface area (Å²) >= 11 is 14.0. The number of aromatic nitrogens is 4. The number of carbonyl (C=O) groups is 2. The number of phenols is 1. The molecule has 1 aromatic heterocycles. The van der Waals surface area contributed by atoms with Gasteiger partial charge in [-0.2, -0.15) is 4.68 Å². The van der Waals surface area contributed by atoms with Crippen molar-refractivity contribution >= 4 is 58.2 Å². The van der Waals surface area contributed by atoms with E-state index >= 15 is 0 Å². The molecule has 38 heavy (non-hydrogen) atoms. The molecular weight excluding hydrogens is 547 g/mol. The van der Waals surface area contributed by atoms with E-state index < -0.39 is 5.91 Å². The molecule has 0 unspecified atom stereocenters. The highest BCUT2D eigenvalue weighted by Crippen LogP contribution is 2.31. The average Bonchev–Trinajstić information content (AvgIpc) is 3.33. The van der Waals surface area contributed by atoms with Crippen molar-refractivity contribution in [3.05, 3.63) is 81.8 Å². The Morgan fingerprint density at radius 2 is 1.74 bits per heavy atom. The number of nitrogens with one attached hydrogen (secondary N) is 2. The quantitative estimate of drug-likeness (QED) is 0.185. The SMILES string of the molecule is CC(C)(C)c1ccc(-n2nnnc2SCC(=O)Nc2ccc(C(=O)Nc3ccccc3O)cc2Cl)c(Cl)c1. The molecule has 1 heterocycles. The summed E-state index contributed by atoms with van der Waals surface area (Å²) in [6, 6.07) is 16.6. The van der Waals surface area contributed by atoms with Crippen LogP contribution in [0.4, 0.5) is 11.4 Å². The van der Waals surface area contributed by atoms with E-state index in [1.54, 1.807) is 18.2 Å². The summed E-state index contributed by atoms with van der Waals surface area (Å²) in [5, 5.41) is 28.0. The number of halogens is 2. The molecule has 0 atom stereocenters. The Hall–Kier alpha value is -3.60. The van der Waals surface area contributed by atoms with Crippen LogP contribution in [0.2, 0.25) is 10.0 Å². The topological polar surface area (TPSA) is 122 Å². The van der Waals surface area contributed by atoms with Crippen LogP contribution in [0.25, 0.3) is 5.69 Å². The van der Waals surface area contributed by atoms with E-state index in [1.165, 1.54) is 28.9 Å². The lowest BCUT2D eigenvalue weighted by molar-refractivity contribution is -0.113. The molecule has 3 N–H and O–H groups in total. The molecule has 4 aromatic rings. The minimum absolute atomic E-state index is 0.00389. The molecule has 0 spiro atoms. The highest BCUT2D eigenvalue weighted by atomic mass is 35.5. The van der Waals surface area contributed by atoms with Gasteiger partial charge in [-0.15, -0.1) is 5.10 Å². The molecule has 3 aromatic carbocycles. The van der Waals surface area contributed by atoms with Gasteiger partial charge in [0.05, 0.1) is 32.9 Å². The van der Waals surface area contributed by atoms with E-state index in [0.717, 1.165) is 17.3 Å². The number of amides is 2. The minimum Gasteiger partial charge on any atom is -0.506 e. The summed E-state index contributed by atoms with van der Waals surface area (Å²) in [4.78, 5) is 25.1. The predicted molar refractivity (Wildman–Crippen MR) is 150 cm³/mol. The van der Waals surface area contributed by atoms with Crippen LogP contribution in [0.3, 0.4) is 0 Å². The number of aromatic hydroxyl groups is 1. The molecule has 9 nitrogen and oxygen atoms in total. The van der Waals surface area contributed by atoms with Crippen LogP contribution in [-0.4, -0.2) is 42.9 Å². The number of anilines is 2. The van der Waals surface area contributed by atoms with Crippen LogP contribution in [0.15, 0.2) is 65.8 Å². The van der Waals surface area contributed by atoms with E-state index in [2.05, 4.69) is 46.9 Å². The molecule has 0 aliphatic rings. The molecule has 0 fully saturated rings. The Bertz CT molecular complexity index is 1500. The molecule has 0 aliphatic heterocycles. The molecule has 0 saturated carbocycles. The molecule has 196 valence electrons. The highest BCUT2D eigenvalue weighted by Gasteiger charge is 2.19. The molecule has 0 bridgehead atoms. The Balaban J connectivity index is 1.39. The molecule has 2 amide bonds. The van der Waals surface area contributed by atoms with Crippen molar-refractivity contribution in [1.82, 2.24) is 20.2 Å². The van der Waals surface area contributed by atoms with Crippen LogP contribution in [0, 0.1) is 0 Å². The second kappa shape index (κ2) is 11.4. The number of tetrazole rings is 1. The number of hydrogen-bond donors (Lipinski definition) is 3. The van der Waals surface area contributed by atoms with Gasteiger partial charge in [-0.25, -0.2) is 0 Å². The number of phenolic OH excluding ortho intramolecular Hbond substituents is 1. The van der Waals surface area contributed by atoms with Crippen LogP contribution < -0.4 is 10.6 Å². The fourth-order valence-corrected chi connectivity index (χ4v) is 4.59. The maximum atomic E-state index is 12.6. The number of nitrogens with zero attached hydrogens (tertiary/aromatic N) is 4. The first kappa shape index (κ1) is 27.4. The zero-order chi connectivity index (χ0) is 27.4. The number of benzene rings is 3. The summed E-state index contributed by atoms with van der Waals surface area (Å²) in [6.45, 7) is 6.29. The first-order valence-corrected chi connectivity index (χ1v) is 13.2. The van der Waals surface area contributed by atoms with Gasteiger partial charge in [0.1, 0.15) is 5.75 Å². The Labute approximate surface area is 233 Å². The molecule has 0 radical (unpaired) electrons. The average molecular weight is 571 g/mol. The monoisotopic (exact) mass is 570 g/mol. The molecular formula is C26H24Cl2N6O3S. The van der Waals surface area contributed by atoms with Gasteiger partial charge < -0.3 is 15.7 Å². The lowest BCUT2D eigenvalue weighted by Gasteiger charge is -2.20. The second-order valence-corrected chi connectivity index (χ2v) is 11.0. The fraction of sp³-hybridized carbons (Fsp3) is 0.192. The summed E-state index contributed by atoms with van der Waals surface area (Å²) in [6.07, 6.45) is 0. The van der Waals surface area contributed by atoms with Crippen molar-refractivity contribution in [2.45, 2.75) is 31.3 Å². The maximum Gasteiger partial charge on any atom is 0.255 e. The lowest BCUT2D eigenvalue weighted by Crippen LogP contribution is -2.16. The van der Waals surface area contributed by atoms with E-state index in [1.807, 2.05) is 18.2 Å². The fourth-order valence-electron chi connectivity index (χ4n) is 3.41. The number of carbonyl (C=O) groups excluding carboxylic acids is 2. The Morgan fingerprint density at radius 3 is 2.42 bits per heavy atom. The van der Waals surface area contributed by atoms with Crippen molar-refractivity contribution in [3.63, 3.8) is 0 Å². The summed E-state index contributed by atoms with van der Waals surface area (Å²) in [5.41, 5.74) is 2.50. The van der Waals surface area contributed by atoms with E-state index in [9.17, 15) is 14.7 Å². The molecule has 0 saturated heterocycles. The van der Waals surface area contributed by atoms with Crippen LogP contribution >= 0.6 is 35.0 Å². The molecule has 4 rings (SSSR count). The summed E-state index contributed by atoms with van der Waals surface area (Å²) in [5.74, 6) is -0.845. The van der Waals surface area contributed by atoms with Crippen molar-refractivity contribution in [2.24, 2.45) is 0 Å². The smallest absolute Gasteiger partial charge is 0.255 e. The van der Waals surface area contributed by atoms with Gasteiger partial charge in [-0.3, -0.25) is 9.59 Å². The first-order chi connectivity index (χ1) is 18.0. The third kappa shape index (κ3) is 6.45. The summed E-state index contributed by atoms with van der Waals surface area (Å²) < 4.78 is 1.48. The normalized spacial score (nSPS) is 11.3. The van der Waals surface area contributed by atoms with E-state index in [0.29, 0.717) is 21.6 Å². The zero-order valence-corrected chi connectivity index (χ0v) is 23.0. The maximum absolute atomic E-state index is 12.6. The largest absolute Gasteiger partial charge is 0.506 e. The third-order valence-corrected chi connectivity index (χ3v) is 7.01. The highest BCUT2D eigenvalue weighted by molar-refractivity contribution is 7.99. The zero-order valence-electron chi connectivity index (χ0n) is 20.7. The van der Waals surface area contributed by atoms with Gasteiger partial charge >= 0.3 is 0 Å². The van der Waals surface area contributed by atoms with Gasteiger partial charge in [-0.1, -0.05) is 73.9 Å². The molecule has 0 aliphatic carbocycles. The van der Waals surface area contributed by atoms with Gasteiger partial charge in [0.15, 0.2) is 0 Å². The predicted octanol–water partition coefficient (Wildman–Crippen LogP) is 5.96. The number of rotatable bonds is 7. The standard InChI is InChI=1S/C26H24Cl2N6O3S/c1-26(2,3)16-9-11-21(18(28)13-16)34-25(31-32-33-34)38-14-23(36)29-19-10-8-15(12-17(19)27)24(37)30-20-6-4-5-7-22(20)35/h4-13,35H,14H2,1-3H3,(H,29,36)(H,30,37). The van der Waals surface area contributed by atoms with Crippen molar-refractivity contribution in [1.29, 1.82) is 0 Å².